The minimum Gasteiger partial charge on any atom is -0.384 e. The molecule has 0 fully saturated rings. The predicted molar refractivity (Wildman–Crippen MR) is 47.2 cm³/mol. The summed E-state index contributed by atoms with van der Waals surface area (Å²) in [6.07, 6.45) is 1.40. The van der Waals surface area contributed by atoms with Gasteiger partial charge in [0.25, 0.3) is 0 Å². The van der Waals surface area contributed by atoms with Crippen molar-refractivity contribution in [2.24, 2.45) is 5.73 Å². The van der Waals surface area contributed by atoms with Gasteiger partial charge in [-0.25, -0.2) is 4.98 Å². The van der Waals surface area contributed by atoms with E-state index in [2.05, 4.69) is 4.98 Å². The van der Waals surface area contributed by atoms with Crippen molar-refractivity contribution >= 4 is 18.2 Å². The van der Waals surface area contributed by atoms with Crippen molar-refractivity contribution in [3.63, 3.8) is 0 Å². The maximum atomic E-state index is 8.37. The van der Waals surface area contributed by atoms with Crippen LogP contribution < -0.4 is 5.73 Å². The lowest BCUT2D eigenvalue weighted by Crippen LogP contribution is -2.11. The Hall–Kier alpha value is -1.60. The van der Waals surface area contributed by atoms with E-state index in [9.17, 15) is 0 Å². The monoisotopic (exact) mass is 182 g/mol. The minimum absolute atomic E-state index is 0. The molecule has 0 saturated heterocycles. The Bertz CT molecular complexity index is 311. The highest BCUT2D eigenvalue weighted by Gasteiger charge is 1.95. The first-order chi connectivity index (χ1) is 5.24. The van der Waals surface area contributed by atoms with Crippen molar-refractivity contribution in [2.45, 2.75) is 0 Å². The largest absolute Gasteiger partial charge is 0.384 e. The molecular formula is C7H7ClN4. The smallest absolute Gasteiger partial charge is 0.140 e. The van der Waals surface area contributed by atoms with Gasteiger partial charge in [-0.2, -0.15) is 5.26 Å². The number of nitriles is 1. The fraction of sp³-hybridized carbons (Fsp3) is 0. The van der Waals surface area contributed by atoms with Gasteiger partial charge in [0, 0.05) is 11.8 Å². The maximum absolute atomic E-state index is 8.37. The topological polar surface area (TPSA) is 86.5 Å². The molecule has 0 unspecified atom stereocenters. The van der Waals surface area contributed by atoms with Crippen molar-refractivity contribution < 1.29 is 0 Å². The molecule has 0 amide bonds. The molecule has 0 aliphatic heterocycles. The fourth-order valence-corrected chi connectivity index (χ4v) is 0.619. The summed E-state index contributed by atoms with van der Waals surface area (Å²) in [4.78, 5) is 3.74. The summed E-state index contributed by atoms with van der Waals surface area (Å²) in [5.41, 5.74) is 6.03. The number of pyridine rings is 1. The van der Waals surface area contributed by atoms with Gasteiger partial charge >= 0.3 is 0 Å². The molecular weight excluding hydrogens is 176 g/mol. The average Bonchev–Trinajstić information content (AvgIpc) is 2.05. The van der Waals surface area contributed by atoms with Crippen molar-refractivity contribution in [3.05, 3.63) is 29.6 Å². The zero-order chi connectivity index (χ0) is 8.27. The van der Waals surface area contributed by atoms with E-state index < -0.39 is 0 Å². The average molecular weight is 183 g/mol. The van der Waals surface area contributed by atoms with Gasteiger partial charge in [-0.15, -0.1) is 12.4 Å². The van der Waals surface area contributed by atoms with E-state index in [4.69, 9.17) is 16.4 Å². The van der Waals surface area contributed by atoms with Crippen molar-refractivity contribution in [2.75, 3.05) is 0 Å². The van der Waals surface area contributed by atoms with Gasteiger partial charge in [-0.05, 0) is 12.1 Å². The number of nitrogens with two attached hydrogens (primary N) is 1. The summed E-state index contributed by atoms with van der Waals surface area (Å²) in [6, 6.07) is 4.99. The van der Waals surface area contributed by atoms with Gasteiger partial charge in [0.1, 0.15) is 17.6 Å². The van der Waals surface area contributed by atoms with Crippen LogP contribution in [0.1, 0.15) is 11.3 Å². The van der Waals surface area contributed by atoms with Gasteiger partial charge in [0.05, 0.1) is 0 Å². The van der Waals surface area contributed by atoms with Gasteiger partial charge in [-0.3, -0.25) is 5.41 Å². The molecule has 0 atom stereocenters. The number of nitrogens with one attached hydrogen (secondary N) is 1. The molecule has 0 aliphatic rings. The summed E-state index contributed by atoms with van der Waals surface area (Å²) in [6.45, 7) is 0. The summed E-state index contributed by atoms with van der Waals surface area (Å²) < 4.78 is 0. The number of amidine groups is 1. The van der Waals surface area contributed by atoms with Gasteiger partial charge in [0.15, 0.2) is 0 Å². The second-order valence-corrected chi connectivity index (χ2v) is 1.96. The van der Waals surface area contributed by atoms with Gasteiger partial charge in [0.2, 0.25) is 0 Å². The molecule has 4 nitrogen and oxygen atoms in total. The molecule has 5 heteroatoms. The maximum Gasteiger partial charge on any atom is 0.140 e. The first-order valence-electron chi connectivity index (χ1n) is 2.94. The molecule has 0 bridgehead atoms. The van der Waals surface area contributed by atoms with Crippen LogP contribution in [0.15, 0.2) is 18.3 Å². The second-order valence-electron chi connectivity index (χ2n) is 1.96. The summed E-state index contributed by atoms with van der Waals surface area (Å²) in [5, 5.41) is 15.4. The highest BCUT2D eigenvalue weighted by Crippen LogP contribution is 1.96. The molecule has 0 aliphatic carbocycles. The summed E-state index contributed by atoms with van der Waals surface area (Å²) >= 11 is 0. The highest BCUT2D eigenvalue weighted by atomic mass is 35.5. The van der Waals surface area contributed by atoms with Crippen LogP contribution in [0.5, 0.6) is 0 Å². The van der Waals surface area contributed by atoms with Gasteiger partial charge in [-0.1, -0.05) is 0 Å². The number of hydrogen-bond donors (Lipinski definition) is 2. The Labute approximate surface area is 76.0 Å². The normalized spacial score (nSPS) is 7.92. The van der Waals surface area contributed by atoms with Crippen LogP contribution >= 0.6 is 12.4 Å². The summed E-state index contributed by atoms with van der Waals surface area (Å²) in [5.74, 6) is -0.0398. The van der Waals surface area contributed by atoms with Crippen LogP contribution in [0.4, 0.5) is 0 Å². The number of nitrogens with zero attached hydrogens (tertiary/aromatic N) is 2. The lowest BCUT2D eigenvalue weighted by molar-refractivity contribution is 1.24. The molecule has 0 saturated carbocycles. The first-order valence-corrected chi connectivity index (χ1v) is 2.94. The third kappa shape index (κ3) is 2.22. The fourth-order valence-electron chi connectivity index (χ4n) is 0.619. The number of aromatic nitrogens is 1. The second kappa shape index (κ2) is 4.31. The third-order valence-electron chi connectivity index (χ3n) is 1.19. The lowest BCUT2D eigenvalue weighted by Gasteiger charge is -1.94. The molecule has 0 radical (unpaired) electrons. The highest BCUT2D eigenvalue weighted by molar-refractivity contribution is 5.94. The number of halogens is 1. The van der Waals surface area contributed by atoms with Crippen molar-refractivity contribution in [1.29, 1.82) is 10.7 Å². The van der Waals surface area contributed by atoms with Crippen LogP contribution in [-0.4, -0.2) is 10.8 Å². The molecule has 1 rings (SSSR count). The molecule has 62 valence electrons. The van der Waals surface area contributed by atoms with Crippen LogP contribution in [0.3, 0.4) is 0 Å². The van der Waals surface area contributed by atoms with E-state index >= 15 is 0 Å². The van der Waals surface area contributed by atoms with E-state index in [0.717, 1.165) is 0 Å². The molecule has 1 heterocycles. The lowest BCUT2D eigenvalue weighted by atomic mass is 10.2. The quantitative estimate of drug-likeness (QED) is 0.494. The third-order valence-corrected chi connectivity index (χ3v) is 1.19. The number of hydrogen-bond acceptors (Lipinski definition) is 3. The van der Waals surface area contributed by atoms with Crippen LogP contribution in [0, 0.1) is 16.7 Å². The van der Waals surface area contributed by atoms with E-state index in [-0.39, 0.29) is 18.2 Å². The Morgan fingerprint density at radius 3 is 2.58 bits per heavy atom. The first kappa shape index (κ1) is 10.4. The summed E-state index contributed by atoms with van der Waals surface area (Å²) in [7, 11) is 0. The SMILES string of the molecule is Cl.N#Cc1ccc(C(=N)N)cn1. The molecule has 3 N–H and O–H groups in total. The van der Waals surface area contributed by atoms with E-state index in [1.165, 1.54) is 12.3 Å². The van der Waals surface area contributed by atoms with Crippen LogP contribution in [-0.2, 0) is 0 Å². The zero-order valence-corrected chi connectivity index (χ0v) is 6.93. The van der Waals surface area contributed by atoms with Crippen molar-refractivity contribution in [3.8, 4) is 6.07 Å². The minimum atomic E-state index is -0.0398. The Balaban J connectivity index is 0.00000121. The zero-order valence-electron chi connectivity index (χ0n) is 6.11. The predicted octanol–water partition coefficient (Wildman–Crippen LogP) is 0.659. The Kier molecular flexibility index (Phi) is 3.74. The standard InChI is InChI=1S/C7H6N4.ClH/c8-3-6-2-1-5(4-11-6)7(9)10;/h1-2,4H,(H3,9,10);1H. The van der Waals surface area contributed by atoms with Crippen LogP contribution in [0.25, 0.3) is 0 Å². The van der Waals surface area contributed by atoms with Crippen LogP contribution in [0.2, 0.25) is 0 Å². The Morgan fingerprint density at radius 1 is 1.58 bits per heavy atom. The molecule has 0 aromatic carbocycles. The molecule has 0 spiro atoms. The Morgan fingerprint density at radius 2 is 2.25 bits per heavy atom. The molecule has 12 heavy (non-hydrogen) atoms. The molecule has 1 aromatic heterocycles. The van der Waals surface area contributed by atoms with Gasteiger partial charge < -0.3 is 5.73 Å². The number of nitrogen functional groups attached to an aromatic ring is 1. The van der Waals surface area contributed by atoms with E-state index in [0.29, 0.717) is 11.3 Å². The molecule has 1 aromatic rings. The number of rotatable bonds is 1. The van der Waals surface area contributed by atoms with E-state index in [1.54, 1.807) is 6.07 Å². The van der Waals surface area contributed by atoms with Crippen molar-refractivity contribution in [1.82, 2.24) is 4.98 Å². The van der Waals surface area contributed by atoms with E-state index in [1.807, 2.05) is 6.07 Å².